The standard InChI is InChI=1S/C21H24FNO4/c1-23(12-11-16-6-9-19(26-3)20(14-16)27-4)21(24)10-7-15-5-8-18(25-2)17(22)13-15/h5-10,13-14H,11-12H2,1-4H3/b10-7+. The maximum atomic E-state index is 13.7. The van der Waals surface area contributed by atoms with Crippen LogP contribution in [0.5, 0.6) is 17.2 Å². The van der Waals surface area contributed by atoms with E-state index in [1.165, 1.54) is 25.3 Å². The zero-order chi connectivity index (χ0) is 19.8. The van der Waals surface area contributed by atoms with Crippen LogP contribution in [0.15, 0.2) is 42.5 Å². The molecule has 0 aliphatic carbocycles. The number of rotatable bonds is 8. The van der Waals surface area contributed by atoms with Gasteiger partial charge in [-0.25, -0.2) is 4.39 Å². The highest BCUT2D eigenvalue weighted by atomic mass is 19.1. The fraction of sp³-hybridized carbons (Fsp3) is 0.286. The van der Waals surface area contributed by atoms with Gasteiger partial charge in [-0.2, -0.15) is 0 Å². The van der Waals surface area contributed by atoms with E-state index in [-0.39, 0.29) is 11.7 Å². The quantitative estimate of drug-likeness (QED) is 0.664. The van der Waals surface area contributed by atoms with Gasteiger partial charge in [-0.3, -0.25) is 4.79 Å². The summed E-state index contributed by atoms with van der Waals surface area (Å²) >= 11 is 0. The fourth-order valence-electron chi connectivity index (χ4n) is 2.52. The average Bonchev–Trinajstić information content (AvgIpc) is 2.69. The molecule has 0 aliphatic rings. The maximum absolute atomic E-state index is 13.7. The summed E-state index contributed by atoms with van der Waals surface area (Å²) in [5.41, 5.74) is 1.63. The second-order valence-corrected chi connectivity index (χ2v) is 5.93. The maximum Gasteiger partial charge on any atom is 0.246 e. The van der Waals surface area contributed by atoms with Crippen LogP contribution in [0.3, 0.4) is 0 Å². The molecule has 144 valence electrons. The molecule has 0 fully saturated rings. The van der Waals surface area contributed by atoms with Crippen LogP contribution in [-0.4, -0.2) is 45.7 Å². The molecule has 0 atom stereocenters. The van der Waals surface area contributed by atoms with Crippen LogP contribution in [0.4, 0.5) is 4.39 Å². The minimum atomic E-state index is -0.464. The first-order valence-electron chi connectivity index (χ1n) is 8.46. The number of methoxy groups -OCH3 is 3. The van der Waals surface area contributed by atoms with Crippen molar-refractivity contribution in [2.24, 2.45) is 0 Å². The predicted molar refractivity (Wildman–Crippen MR) is 103 cm³/mol. The van der Waals surface area contributed by atoms with Crippen LogP contribution in [0.25, 0.3) is 6.08 Å². The highest BCUT2D eigenvalue weighted by Crippen LogP contribution is 2.27. The zero-order valence-corrected chi connectivity index (χ0v) is 16.0. The van der Waals surface area contributed by atoms with Crippen molar-refractivity contribution in [3.8, 4) is 17.2 Å². The topological polar surface area (TPSA) is 48.0 Å². The van der Waals surface area contributed by atoms with Crippen molar-refractivity contribution >= 4 is 12.0 Å². The molecule has 0 N–H and O–H groups in total. The van der Waals surface area contributed by atoms with Crippen LogP contribution in [0.2, 0.25) is 0 Å². The number of carbonyl (C=O) groups excluding carboxylic acids is 1. The molecule has 0 spiro atoms. The Kier molecular flexibility index (Phi) is 7.23. The molecule has 0 saturated carbocycles. The molecule has 0 unspecified atom stereocenters. The van der Waals surface area contributed by atoms with Crippen molar-refractivity contribution in [1.29, 1.82) is 0 Å². The Morgan fingerprint density at radius 3 is 2.30 bits per heavy atom. The lowest BCUT2D eigenvalue weighted by Crippen LogP contribution is -2.27. The van der Waals surface area contributed by atoms with Gasteiger partial charge in [0.25, 0.3) is 0 Å². The molecule has 0 aromatic heterocycles. The van der Waals surface area contributed by atoms with E-state index in [0.717, 1.165) is 5.56 Å². The molecule has 2 aromatic rings. The number of ether oxygens (including phenoxy) is 3. The van der Waals surface area contributed by atoms with Gasteiger partial charge >= 0.3 is 0 Å². The van der Waals surface area contributed by atoms with E-state index >= 15 is 0 Å². The predicted octanol–water partition coefficient (Wildman–Crippen LogP) is 3.57. The largest absolute Gasteiger partial charge is 0.494 e. The molecule has 1 amide bonds. The Morgan fingerprint density at radius 1 is 1.00 bits per heavy atom. The lowest BCUT2D eigenvalue weighted by molar-refractivity contribution is -0.124. The first-order valence-corrected chi connectivity index (χ1v) is 8.46. The van der Waals surface area contributed by atoms with Gasteiger partial charge in [-0.15, -0.1) is 0 Å². The highest BCUT2D eigenvalue weighted by Gasteiger charge is 2.08. The van der Waals surface area contributed by atoms with Crippen molar-refractivity contribution < 1.29 is 23.4 Å². The summed E-state index contributed by atoms with van der Waals surface area (Å²) in [6.07, 6.45) is 3.68. The van der Waals surface area contributed by atoms with Gasteiger partial charge in [0.2, 0.25) is 5.91 Å². The smallest absolute Gasteiger partial charge is 0.246 e. The summed E-state index contributed by atoms with van der Waals surface area (Å²) in [7, 11) is 6.31. The molecule has 5 nitrogen and oxygen atoms in total. The zero-order valence-electron chi connectivity index (χ0n) is 16.0. The lowest BCUT2D eigenvalue weighted by atomic mass is 10.1. The minimum absolute atomic E-state index is 0.160. The van der Waals surface area contributed by atoms with Crippen LogP contribution >= 0.6 is 0 Å². The van der Waals surface area contributed by atoms with Gasteiger partial charge in [0.05, 0.1) is 21.3 Å². The van der Waals surface area contributed by atoms with Gasteiger partial charge in [0, 0.05) is 19.7 Å². The number of likely N-dealkylation sites (N-methyl/N-ethyl adjacent to an activating group) is 1. The monoisotopic (exact) mass is 373 g/mol. The summed E-state index contributed by atoms with van der Waals surface area (Å²) < 4.78 is 29.1. The Bertz CT molecular complexity index is 820. The number of hydrogen-bond donors (Lipinski definition) is 0. The van der Waals surface area contributed by atoms with Gasteiger partial charge < -0.3 is 19.1 Å². The van der Waals surface area contributed by atoms with Crippen molar-refractivity contribution in [2.75, 3.05) is 34.9 Å². The molecule has 0 heterocycles. The molecular formula is C21H24FNO4. The molecule has 0 saturated heterocycles. The number of nitrogens with zero attached hydrogens (tertiary/aromatic N) is 1. The normalized spacial score (nSPS) is 10.7. The number of amides is 1. The Balaban J connectivity index is 1.94. The third-order valence-electron chi connectivity index (χ3n) is 4.15. The fourth-order valence-corrected chi connectivity index (χ4v) is 2.52. The number of halogens is 1. The van der Waals surface area contributed by atoms with Crippen LogP contribution < -0.4 is 14.2 Å². The second-order valence-electron chi connectivity index (χ2n) is 5.93. The number of hydrogen-bond acceptors (Lipinski definition) is 4. The van der Waals surface area contributed by atoms with Crippen LogP contribution in [0, 0.1) is 5.82 Å². The van der Waals surface area contributed by atoms with E-state index in [1.54, 1.807) is 38.3 Å². The van der Waals surface area contributed by atoms with Gasteiger partial charge in [-0.05, 0) is 47.9 Å². The van der Waals surface area contributed by atoms with E-state index in [4.69, 9.17) is 14.2 Å². The highest BCUT2D eigenvalue weighted by molar-refractivity contribution is 5.91. The van der Waals surface area contributed by atoms with Gasteiger partial charge in [0.1, 0.15) is 0 Å². The second kappa shape index (κ2) is 9.62. The molecule has 0 radical (unpaired) electrons. The lowest BCUT2D eigenvalue weighted by Gasteiger charge is -2.16. The summed E-state index contributed by atoms with van der Waals surface area (Å²) in [5, 5.41) is 0. The third-order valence-corrected chi connectivity index (χ3v) is 4.15. The summed E-state index contributed by atoms with van der Waals surface area (Å²) in [6.45, 7) is 0.537. The molecule has 0 bridgehead atoms. The Hall–Kier alpha value is -3.02. The molecular weight excluding hydrogens is 349 g/mol. The van der Waals surface area contributed by atoms with E-state index in [0.29, 0.717) is 30.0 Å². The summed E-state index contributed by atoms with van der Waals surface area (Å²) in [6, 6.07) is 10.2. The summed E-state index contributed by atoms with van der Waals surface area (Å²) in [4.78, 5) is 13.8. The Labute approximate surface area is 159 Å². The number of carbonyl (C=O) groups is 1. The summed E-state index contributed by atoms with van der Waals surface area (Å²) in [5.74, 6) is 0.872. The van der Waals surface area contributed by atoms with Crippen molar-refractivity contribution in [1.82, 2.24) is 4.90 Å². The van der Waals surface area contributed by atoms with Crippen molar-refractivity contribution in [2.45, 2.75) is 6.42 Å². The van der Waals surface area contributed by atoms with Crippen LogP contribution in [0.1, 0.15) is 11.1 Å². The number of benzene rings is 2. The van der Waals surface area contributed by atoms with E-state index in [2.05, 4.69) is 0 Å². The molecule has 0 aliphatic heterocycles. The van der Waals surface area contributed by atoms with Crippen molar-refractivity contribution in [3.63, 3.8) is 0 Å². The average molecular weight is 373 g/mol. The van der Waals surface area contributed by atoms with E-state index < -0.39 is 5.82 Å². The van der Waals surface area contributed by atoms with E-state index in [1.807, 2.05) is 18.2 Å². The minimum Gasteiger partial charge on any atom is -0.494 e. The molecule has 2 rings (SSSR count). The molecule has 2 aromatic carbocycles. The first kappa shape index (κ1) is 20.3. The van der Waals surface area contributed by atoms with Crippen molar-refractivity contribution in [3.05, 3.63) is 59.4 Å². The van der Waals surface area contributed by atoms with E-state index in [9.17, 15) is 9.18 Å². The van der Waals surface area contributed by atoms with Gasteiger partial charge in [0.15, 0.2) is 23.1 Å². The molecule has 27 heavy (non-hydrogen) atoms. The van der Waals surface area contributed by atoms with Gasteiger partial charge in [-0.1, -0.05) is 12.1 Å². The SMILES string of the molecule is COc1ccc(/C=C/C(=O)N(C)CCc2ccc(OC)c(OC)c2)cc1F. The third kappa shape index (κ3) is 5.48. The molecule has 6 heteroatoms. The Morgan fingerprint density at radius 2 is 1.67 bits per heavy atom. The van der Waals surface area contributed by atoms with Crippen LogP contribution in [-0.2, 0) is 11.2 Å². The first-order chi connectivity index (χ1) is 13.0.